The summed E-state index contributed by atoms with van der Waals surface area (Å²) in [6, 6.07) is -0.798. The van der Waals surface area contributed by atoms with Crippen LogP contribution >= 0.6 is 0 Å². The van der Waals surface area contributed by atoms with Gasteiger partial charge in [-0.05, 0) is 13.8 Å². The molecule has 0 aliphatic carbocycles. The van der Waals surface area contributed by atoms with E-state index in [0.717, 1.165) is 0 Å². The quantitative estimate of drug-likeness (QED) is 0.652. The first-order chi connectivity index (χ1) is 6.97. The number of nitrogens with one attached hydrogen (secondary N) is 1. The number of nitrogens with zero attached hydrogens (tertiary/aromatic N) is 1. The van der Waals surface area contributed by atoms with Gasteiger partial charge in [0.25, 0.3) is 0 Å². The molecule has 2 amide bonds. The second-order valence-electron chi connectivity index (χ2n) is 3.76. The summed E-state index contributed by atoms with van der Waals surface area (Å²) in [5.74, 6) is -0.625. The molecule has 1 saturated heterocycles. The van der Waals surface area contributed by atoms with Crippen molar-refractivity contribution in [3.05, 3.63) is 0 Å². The van der Waals surface area contributed by atoms with Crippen LogP contribution in [0, 0.1) is 0 Å². The molecule has 2 unspecified atom stereocenters. The van der Waals surface area contributed by atoms with Crippen LogP contribution in [0.25, 0.3) is 0 Å². The molecule has 0 saturated carbocycles. The van der Waals surface area contributed by atoms with Crippen molar-refractivity contribution in [3.8, 4) is 0 Å². The average Bonchev–Trinajstić information content (AvgIpc) is 2.21. The molecule has 0 bridgehead atoms. The lowest BCUT2D eigenvalue weighted by atomic mass is 10.1. The van der Waals surface area contributed by atoms with E-state index in [-0.39, 0.29) is 30.2 Å². The van der Waals surface area contributed by atoms with Crippen molar-refractivity contribution in [2.45, 2.75) is 39.3 Å². The summed E-state index contributed by atoms with van der Waals surface area (Å²) in [5, 5.41) is 2.24. The van der Waals surface area contributed by atoms with E-state index in [2.05, 4.69) is 5.32 Å². The molecule has 1 heterocycles. The highest BCUT2D eigenvalue weighted by Crippen LogP contribution is 2.11. The summed E-state index contributed by atoms with van der Waals surface area (Å²) < 4.78 is 0. The Bertz CT molecular complexity index is 301. The second-order valence-corrected chi connectivity index (χ2v) is 3.76. The van der Waals surface area contributed by atoms with Crippen LogP contribution in [0.3, 0.4) is 0 Å². The number of ketones is 1. The second kappa shape index (κ2) is 4.53. The minimum Gasteiger partial charge on any atom is -0.298 e. The standard InChI is InChI=1S/C10H16N2O3/c1-4-8(13)6(2)12-5-9(14)11-10(15)7(12)3/h6-7H,4-5H2,1-3H3,(H,11,14,15). The molecule has 1 aliphatic heterocycles. The molecule has 15 heavy (non-hydrogen) atoms. The highest BCUT2D eigenvalue weighted by Gasteiger charge is 2.35. The maximum Gasteiger partial charge on any atom is 0.243 e. The fourth-order valence-corrected chi connectivity index (χ4v) is 1.69. The molecule has 0 aromatic rings. The van der Waals surface area contributed by atoms with E-state index in [1.807, 2.05) is 0 Å². The van der Waals surface area contributed by atoms with Gasteiger partial charge in [0.15, 0.2) is 0 Å². The predicted octanol–water partition coefficient (Wildman–Crippen LogP) is -0.299. The molecule has 5 heteroatoms. The third-order valence-electron chi connectivity index (χ3n) is 2.78. The van der Waals surface area contributed by atoms with E-state index in [9.17, 15) is 14.4 Å². The number of rotatable bonds is 3. The van der Waals surface area contributed by atoms with Gasteiger partial charge in [0.2, 0.25) is 11.8 Å². The van der Waals surface area contributed by atoms with Crippen LogP contribution in [0.4, 0.5) is 0 Å². The third kappa shape index (κ3) is 2.41. The number of piperazine rings is 1. The van der Waals surface area contributed by atoms with E-state index in [1.54, 1.807) is 25.7 Å². The van der Waals surface area contributed by atoms with Crippen LogP contribution in [0.1, 0.15) is 27.2 Å². The van der Waals surface area contributed by atoms with E-state index in [0.29, 0.717) is 6.42 Å². The summed E-state index contributed by atoms with van der Waals surface area (Å²) in [6.45, 7) is 5.31. The van der Waals surface area contributed by atoms with Crippen LogP contribution in [-0.2, 0) is 14.4 Å². The van der Waals surface area contributed by atoms with Crippen molar-refractivity contribution >= 4 is 17.6 Å². The van der Waals surface area contributed by atoms with Crippen molar-refractivity contribution in [3.63, 3.8) is 0 Å². The summed E-state index contributed by atoms with van der Waals surface area (Å²) in [7, 11) is 0. The van der Waals surface area contributed by atoms with Gasteiger partial charge >= 0.3 is 0 Å². The maximum absolute atomic E-state index is 11.5. The highest BCUT2D eigenvalue weighted by molar-refractivity contribution is 6.01. The molecule has 1 aliphatic rings. The van der Waals surface area contributed by atoms with Gasteiger partial charge in [-0.3, -0.25) is 24.6 Å². The smallest absolute Gasteiger partial charge is 0.243 e. The summed E-state index contributed by atoms with van der Waals surface area (Å²) in [5.41, 5.74) is 0. The van der Waals surface area contributed by atoms with Crippen molar-refractivity contribution in [2.24, 2.45) is 0 Å². The van der Waals surface area contributed by atoms with Crippen molar-refractivity contribution in [1.29, 1.82) is 0 Å². The van der Waals surface area contributed by atoms with Gasteiger partial charge in [-0.2, -0.15) is 0 Å². The first kappa shape index (κ1) is 11.8. The molecule has 1 rings (SSSR count). The monoisotopic (exact) mass is 212 g/mol. The molecular formula is C10H16N2O3. The first-order valence-electron chi connectivity index (χ1n) is 5.09. The van der Waals surface area contributed by atoms with Gasteiger partial charge in [-0.25, -0.2) is 0 Å². The molecule has 1 fully saturated rings. The normalized spacial score (nSPS) is 24.9. The molecular weight excluding hydrogens is 196 g/mol. The van der Waals surface area contributed by atoms with E-state index >= 15 is 0 Å². The fraction of sp³-hybridized carbons (Fsp3) is 0.700. The fourth-order valence-electron chi connectivity index (χ4n) is 1.69. The number of hydrogen-bond donors (Lipinski definition) is 1. The number of amides is 2. The molecule has 0 aromatic heterocycles. The SMILES string of the molecule is CCC(=O)C(C)N1CC(=O)NC(=O)C1C. The van der Waals surface area contributed by atoms with Crippen LogP contribution in [-0.4, -0.2) is 41.1 Å². The van der Waals surface area contributed by atoms with E-state index < -0.39 is 6.04 Å². The number of carbonyl (C=O) groups is 3. The van der Waals surface area contributed by atoms with Crippen molar-refractivity contribution in [1.82, 2.24) is 10.2 Å². The largest absolute Gasteiger partial charge is 0.298 e. The van der Waals surface area contributed by atoms with Gasteiger partial charge < -0.3 is 0 Å². The lowest BCUT2D eigenvalue weighted by molar-refractivity contribution is -0.142. The molecule has 0 spiro atoms. The van der Waals surface area contributed by atoms with Crippen LogP contribution in [0.5, 0.6) is 0 Å². The third-order valence-corrected chi connectivity index (χ3v) is 2.78. The topological polar surface area (TPSA) is 66.5 Å². The van der Waals surface area contributed by atoms with Gasteiger partial charge in [-0.15, -0.1) is 0 Å². The Morgan fingerprint density at radius 3 is 2.73 bits per heavy atom. The zero-order valence-corrected chi connectivity index (χ0v) is 9.24. The molecule has 1 N–H and O–H groups in total. The Morgan fingerprint density at radius 2 is 2.20 bits per heavy atom. The average molecular weight is 212 g/mol. The Hall–Kier alpha value is -1.23. The summed E-state index contributed by atoms with van der Waals surface area (Å²) in [4.78, 5) is 35.6. The maximum atomic E-state index is 11.5. The Balaban J connectivity index is 2.78. The molecule has 0 aromatic carbocycles. The van der Waals surface area contributed by atoms with Gasteiger partial charge in [0.1, 0.15) is 5.78 Å². The van der Waals surface area contributed by atoms with E-state index in [1.165, 1.54) is 0 Å². The highest BCUT2D eigenvalue weighted by atomic mass is 16.2. The minimum absolute atomic E-state index is 0.0457. The Labute approximate surface area is 88.8 Å². The molecule has 5 nitrogen and oxygen atoms in total. The number of Topliss-reactive ketones (excluding diaryl/α,β-unsaturated/α-hetero) is 1. The summed E-state index contributed by atoms with van der Waals surface area (Å²) in [6.07, 6.45) is 0.417. The predicted molar refractivity (Wildman–Crippen MR) is 54.1 cm³/mol. The lowest BCUT2D eigenvalue weighted by Gasteiger charge is -2.35. The van der Waals surface area contributed by atoms with Crippen LogP contribution < -0.4 is 5.32 Å². The zero-order chi connectivity index (χ0) is 11.6. The minimum atomic E-state index is -0.423. The van der Waals surface area contributed by atoms with Gasteiger partial charge in [0.05, 0.1) is 18.6 Å². The number of imide groups is 1. The van der Waals surface area contributed by atoms with Gasteiger partial charge in [0, 0.05) is 6.42 Å². The Morgan fingerprint density at radius 1 is 1.60 bits per heavy atom. The van der Waals surface area contributed by atoms with E-state index in [4.69, 9.17) is 0 Å². The zero-order valence-electron chi connectivity index (χ0n) is 9.24. The first-order valence-corrected chi connectivity index (χ1v) is 5.09. The summed E-state index contributed by atoms with van der Waals surface area (Å²) >= 11 is 0. The lowest BCUT2D eigenvalue weighted by Crippen LogP contribution is -2.60. The van der Waals surface area contributed by atoms with Crippen LogP contribution in [0.15, 0.2) is 0 Å². The molecule has 2 atom stereocenters. The number of hydrogen-bond acceptors (Lipinski definition) is 4. The van der Waals surface area contributed by atoms with Crippen molar-refractivity contribution in [2.75, 3.05) is 6.54 Å². The molecule has 0 radical (unpaired) electrons. The van der Waals surface area contributed by atoms with Crippen LogP contribution in [0.2, 0.25) is 0 Å². The Kier molecular flexibility index (Phi) is 3.57. The number of carbonyl (C=O) groups excluding carboxylic acids is 3. The molecule has 84 valence electrons. The van der Waals surface area contributed by atoms with Crippen molar-refractivity contribution < 1.29 is 14.4 Å². The van der Waals surface area contributed by atoms with Gasteiger partial charge in [-0.1, -0.05) is 6.92 Å².